The van der Waals surface area contributed by atoms with Crippen molar-refractivity contribution in [3.05, 3.63) is 52.8 Å². The Labute approximate surface area is 162 Å². The number of oxazole rings is 1. The normalized spacial score (nSPS) is 17.0. The molecule has 1 amide bonds. The lowest BCUT2D eigenvalue weighted by molar-refractivity contribution is -0.122. The number of aromatic nitrogens is 3. The lowest BCUT2D eigenvalue weighted by atomic mass is 10.1. The molecule has 1 atom stereocenters. The van der Waals surface area contributed by atoms with Gasteiger partial charge in [0, 0.05) is 44.5 Å². The van der Waals surface area contributed by atoms with E-state index in [1.165, 1.54) is 4.57 Å². The molecule has 0 aliphatic carbocycles. The van der Waals surface area contributed by atoms with E-state index in [0.29, 0.717) is 24.6 Å². The third-order valence-corrected chi connectivity index (χ3v) is 5.01. The number of hydrogen-bond donors (Lipinski definition) is 1. The standard InChI is InChI=1S/C20H23N5O3/c1-14-5-6-17-16(12-14)25(20(27)28-17)11-7-18(26)23-15-4-2-10-24(13-15)19-21-8-3-9-22-19/h3,5-6,8-9,12,15H,2,4,7,10-11,13H2,1H3,(H,23,26)/t15-/m0/s1. The summed E-state index contributed by atoms with van der Waals surface area (Å²) < 4.78 is 6.78. The third kappa shape index (κ3) is 3.90. The summed E-state index contributed by atoms with van der Waals surface area (Å²) in [4.78, 5) is 35.2. The highest BCUT2D eigenvalue weighted by atomic mass is 16.4. The van der Waals surface area contributed by atoms with Crippen molar-refractivity contribution in [1.29, 1.82) is 0 Å². The van der Waals surface area contributed by atoms with Gasteiger partial charge in [-0.3, -0.25) is 9.36 Å². The first-order valence-corrected chi connectivity index (χ1v) is 9.51. The van der Waals surface area contributed by atoms with Crippen LogP contribution in [-0.4, -0.2) is 39.6 Å². The molecular formula is C20H23N5O3. The SMILES string of the molecule is Cc1ccc2oc(=O)n(CCC(=O)N[C@H]3CCCN(c4ncccn4)C3)c2c1. The highest BCUT2D eigenvalue weighted by Crippen LogP contribution is 2.16. The fourth-order valence-electron chi connectivity index (χ4n) is 3.63. The molecule has 1 N–H and O–H groups in total. The molecule has 1 fully saturated rings. The number of nitrogens with zero attached hydrogens (tertiary/aromatic N) is 4. The molecule has 1 saturated heterocycles. The van der Waals surface area contributed by atoms with Gasteiger partial charge < -0.3 is 14.6 Å². The first-order valence-electron chi connectivity index (χ1n) is 9.51. The molecule has 1 aromatic carbocycles. The molecule has 146 valence electrons. The van der Waals surface area contributed by atoms with Crippen LogP contribution in [0.4, 0.5) is 5.95 Å². The van der Waals surface area contributed by atoms with E-state index in [2.05, 4.69) is 20.2 Å². The zero-order valence-corrected chi connectivity index (χ0v) is 15.8. The molecule has 8 nitrogen and oxygen atoms in total. The second kappa shape index (κ2) is 7.84. The Morgan fingerprint density at radius 2 is 2.14 bits per heavy atom. The van der Waals surface area contributed by atoms with Gasteiger partial charge in [0.25, 0.3) is 0 Å². The van der Waals surface area contributed by atoms with Gasteiger partial charge in [0.1, 0.15) is 0 Å². The second-order valence-corrected chi connectivity index (χ2v) is 7.14. The van der Waals surface area contributed by atoms with Crippen molar-refractivity contribution in [3.63, 3.8) is 0 Å². The minimum atomic E-state index is -0.432. The largest absolute Gasteiger partial charge is 0.419 e. The predicted octanol–water partition coefficient (Wildman–Crippen LogP) is 1.87. The fraction of sp³-hybridized carbons (Fsp3) is 0.400. The Hall–Kier alpha value is -3.16. The Morgan fingerprint density at radius 3 is 2.96 bits per heavy atom. The fourth-order valence-corrected chi connectivity index (χ4v) is 3.63. The molecule has 1 aliphatic heterocycles. The van der Waals surface area contributed by atoms with E-state index in [1.807, 2.05) is 19.1 Å². The summed E-state index contributed by atoms with van der Waals surface area (Å²) in [6.45, 7) is 3.81. The molecule has 0 saturated carbocycles. The number of aryl methyl sites for hydroxylation is 2. The summed E-state index contributed by atoms with van der Waals surface area (Å²) >= 11 is 0. The topological polar surface area (TPSA) is 93.3 Å². The monoisotopic (exact) mass is 381 g/mol. The van der Waals surface area contributed by atoms with Gasteiger partial charge in [-0.05, 0) is 43.5 Å². The molecule has 0 spiro atoms. The Morgan fingerprint density at radius 1 is 1.32 bits per heavy atom. The van der Waals surface area contributed by atoms with Crippen LogP contribution in [0.1, 0.15) is 24.8 Å². The molecule has 4 rings (SSSR count). The summed E-state index contributed by atoms with van der Waals surface area (Å²) in [5.41, 5.74) is 2.31. The van der Waals surface area contributed by atoms with Crippen molar-refractivity contribution in [2.24, 2.45) is 0 Å². The van der Waals surface area contributed by atoms with Gasteiger partial charge >= 0.3 is 5.76 Å². The smallest absolute Gasteiger partial charge is 0.408 e. The van der Waals surface area contributed by atoms with Gasteiger partial charge in [0.05, 0.1) is 5.52 Å². The Bertz CT molecular complexity index is 1030. The van der Waals surface area contributed by atoms with Crippen LogP contribution in [-0.2, 0) is 11.3 Å². The summed E-state index contributed by atoms with van der Waals surface area (Å²) in [7, 11) is 0. The molecule has 0 bridgehead atoms. The third-order valence-electron chi connectivity index (χ3n) is 5.01. The molecule has 2 aromatic heterocycles. The maximum atomic E-state index is 12.5. The lowest BCUT2D eigenvalue weighted by Gasteiger charge is -2.33. The lowest BCUT2D eigenvalue weighted by Crippen LogP contribution is -2.48. The average Bonchev–Trinajstić information content (AvgIpc) is 3.01. The maximum absolute atomic E-state index is 12.5. The van der Waals surface area contributed by atoms with E-state index in [1.54, 1.807) is 24.5 Å². The molecule has 3 aromatic rings. The van der Waals surface area contributed by atoms with Crippen molar-refractivity contribution in [2.75, 3.05) is 18.0 Å². The van der Waals surface area contributed by atoms with E-state index in [4.69, 9.17) is 4.42 Å². The summed E-state index contributed by atoms with van der Waals surface area (Å²) in [6.07, 6.45) is 5.55. The number of carbonyl (C=O) groups is 1. The zero-order valence-electron chi connectivity index (χ0n) is 15.8. The number of fused-ring (bicyclic) bond motifs is 1. The van der Waals surface area contributed by atoms with Crippen LogP contribution in [0.15, 0.2) is 45.9 Å². The zero-order chi connectivity index (χ0) is 19.5. The number of carbonyl (C=O) groups excluding carboxylic acids is 1. The van der Waals surface area contributed by atoms with Crippen LogP contribution < -0.4 is 16.0 Å². The van der Waals surface area contributed by atoms with Crippen LogP contribution in [0.5, 0.6) is 0 Å². The van der Waals surface area contributed by atoms with Crippen molar-refractivity contribution < 1.29 is 9.21 Å². The minimum Gasteiger partial charge on any atom is -0.408 e. The number of hydrogen-bond acceptors (Lipinski definition) is 6. The van der Waals surface area contributed by atoms with Crippen molar-refractivity contribution in [1.82, 2.24) is 19.9 Å². The van der Waals surface area contributed by atoms with Gasteiger partial charge in [-0.25, -0.2) is 14.8 Å². The first-order chi connectivity index (χ1) is 13.6. The second-order valence-electron chi connectivity index (χ2n) is 7.14. The quantitative estimate of drug-likeness (QED) is 0.725. The highest BCUT2D eigenvalue weighted by Gasteiger charge is 2.23. The number of piperidine rings is 1. The number of nitrogens with one attached hydrogen (secondary N) is 1. The van der Waals surface area contributed by atoms with Crippen molar-refractivity contribution in [3.8, 4) is 0 Å². The van der Waals surface area contributed by atoms with E-state index < -0.39 is 5.76 Å². The first kappa shape index (κ1) is 18.2. The van der Waals surface area contributed by atoms with E-state index >= 15 is 0 Å². The van der Waals surface area contributed by atoms with Crippen LogP contribution in [0.25, 0.3) is 11.1 Å². The van der Waals surface area contributed by atoms with Gasteiger partial charge in [0.15, 0.2) is 5.58 Å². The molecular weight excluding hydrogens is 358 g/mol. The van der Waals surface area contributed by atoms with Crippen LogP contribution >= 0.6 is 0 Å². The number of benzene rings is 1. The van der Waals surface area contributed by atoms with Crippen molar-refractivity contribution in [2.45, 2.75) is 38.8 Å². The summed E-state index contributed by atoms with van der Waals surface area (Å²) in [5, 5.41) is 3.08. The van der Waals surface area contributed by atoms with E-state index in [9.17, 15) is 9.59 Å². The predicted molar refractivity (Wildman–Crippen MR) is 105 cm³/mol. The highest BCUT2D eigenvalue weighted by molar-refractivity contribution is 5.77. The van der Waals surface area contributed by atoms with Crippen molar-refractivity contribution >= 4 is 23.0 Å². The van der Waals surface area contributed by atoms with E-state index in [-0.39, 0.29) is 18.4 Å². The molecule has 0 radical (unpaired) electrons. The van der Waals surface area contributed by atoms with Gasteiger partial charge in [0.2, 0.25) is 11.9 Å². The number of anilines is 1. The average molecular weight is 381 g/mol. The maximum Gasteiger partial charge on any atom is 0.419 e. The number of amides is 1. The van der Waals surface area contributed by atoms with Crippen LogP contribution in [0.2, 0.25) is 0 Å². The summed E-state index contributed by atoms with van der Waals surface area (Å²) in [5.74, 6) is 0.182. The summed E-state index contributed by atoms with van der Waals surface area (Å²) in [6, 6.07) is 7.41. The Kier molecular flexibility index (Phi) is 5.10. The molecule has 3 heterocycles. The van der Waals surface area contributed by atoms with Crippen LogP contribution in [0, 0.1) is 6.92 Å². The van der Waals surface area contributed by atoms with Gasteiger partial charge in [-0.15, -0.1) is 0 Å². The number of rotatable bonds is 5. The van der Waals surface area contributed by atoms with E-state index in [0.717, 1.165) is 30.5 Å². The van der Waals surface area contributed by atoms with Crippen LogP contribution in [0.3, 0.4) is 0 Å². The minimum absolute atomic E-state index is 0.0464. The van der Waals surface area contributed by atoms with Gasteiger partial charge in [-0.1, -0.05) is 6.07 Å². The molecule has 1 aliphatic rings. The molecule has 8 heteroatoms. The molecule has 0 unspecified atom stereocenters. The molecule has 28 heavy (non-hydrogen) atoms. The van der Waals surface area contributed by atoms with Gasteiger partial charge in [-0.2, -0.15) is 0 Å². The Balaban J connectivity index is 1.37.